The van der Waals surface area contributed by atoms with Gasteiger partial charge in [-0.05, 0) is 57.4 Å². The van der Waals surface area contributed by atoms with Crippen molar-refractivity contribution in [1.82, 2.24) is 9.80 Å². The fourth-order valence-electron chi connectivity index (χ4n) is 3.21. The maximum Gasteiger partial charge on any atom is 0.335 e. The number of carbonyl (C=O) groups excluding carboxylic acids is 2. The Labute approximate surface area is 142 Å². The van der Waals surface area contributed by atoms with Crippen molar-refractivity contribution in [2.75, 3.05) is 19.6 Å². The molecule has 0 aliphatic carbocycles. The van der Waals surface area contributed by atoms with Crippen molar-refractivity contribution in [3.8, 4) is 0 Å². The highest BCUT2D eigenvalue weighted by Crippen LogP contribution is 2.23. The van der Waals surface area contributed by atoms with E-state index in [1.54, 1.807) is 22.8 Å². The Morgan fingerprint density at radius 1 is 1.17 bits per heavy atom. The van der Waals surface area contributed by atoms with Crippen molar-refractivity contribution in [2.45, 2.75) is 39.7 Å². The third-order valence-electron chi connectivity index (χ3n) is 4.45. The highest BCUT2D eigenvalue weighted by molar-refractivity contribution is 6.00. The van der Waals surface area contributed by atoms with Crippen LogP contribution in [-0.2, 0) is 4.79 Å². The normalized spacial score (nSPS) is 17.0. The van der Waals surface area contributed by atoms with Gasteiger partial charge in [-0.1, -0.05) is 0 Å². The van der Waals surface area contributed by atoms with Crippen molar-refractivity contribution in [2.24, 2.45) is 0 Å². The summed E-state index contributed by atoms with van der Waals surface area (Å²) in [6, 6.07) is 4.13. The Bertz CT molecular complexity index is 652. The Morgan fingerprint density at radius 3 is 2.38 bits per heavy atom. The molecule has 1 heterocycles. The van der Waals surface area contributed by atoms with E-state index < -0.39 is 12.0 Å². The topological polar surface area (TPSA) is 77.9 Å². The van der Waals surface area contributed by atoms with Gasteiger partial charge in [0.25, 0.3) is 5.91 Å². The lowest BCUT2D eigenvalue weighted by Crippen LogP contribution is -2.47. The third kappa shape index (κ3) is 3.58. The lowest BCUT2D eigenvalue weighted by molar-refractivity contribution is -0.134. The minimum atomic E-state index is -1.06. The van der Waals surface area contributed by atoms with Gasteiger partial charge in [0.05, 0.1) is 5.56 Å². The molecule has 6 heteroatoms. The molecule has 1 aromatic carbocycles. The lowest BCUT2D eigenvalue weighted by atomic mass is 10.0. The molecule has 0 spiro atoms. The number of aryl methyl sites for hydroxylation is 1. The lowest BCUT2D eigenvalue weighted by Gasteiger charge is -2.29. The first-order valence-corrected chi connectivity index (χ1v) is 8.33. The predicted molar refractivity (Wildman–Crippen MR) is 90.1 cm³/mol. The maximum absolute atomic E-state index is 12.9. The second-order valence-corrected chi connectivity index (χ2v) is 6.06. The van der Waals surface area contributed by atoms with Gasteiger partial charge in [-0.25, -0.2) is 4.79 Å². The molecule has 1 aromatic rings. The standard InChI is InChI=1S/C18H24N2O4/c1-4-19(5-2)17(22)15-7-6-8-20(15)16(21)13-9-12(3)10-14(11-13)18(23)24/h9-11,15H,4-8H2,1-3H3,(H,23,24). The molecular formula is C18H24N2O4. The van der Waals surface area contributed by atoms with Crippen LogP contribution in [0.15, 0.2) is 18.2 Å². The molecule has 1 aliphatic heterocycles. The predicted octanol–water partition coefficient (Wildman–Crippen LogP) is 2.17. The summed E-state index contributed by atoms with van der Waals surface area (Å²) in [5.41, 5.74) is 1.12. The summed E-state index contributed by atoms with van der Waals surface area (Å²) in [5, 5.41) is 9.17. The van der Waals surface area contributed by atoms with Crippen LogP contribution in [0.1, 0.15) is 53.0 Å². The molecule has 2 amide bonds. The van der Waals surface area contributed by atoms with Crippen LogP contribution in [0.2, 0.25) is 0 Å². The molecule has 0 saturated carbocycles. The summed E-state index contributed by atoms with van der Waals surface area (Å²) in [5.74, 6) is -1.37. The number of benzene rings is 1. The van der Waals surface area contributed by atoms with E-state index in [0.29, 0.717) is 37.2 Å². The van der Waals surface area contributed by atoms with Crippen molar-refractivity contribution < 1.29 is 19.5 Å². The second kappa shape index (κ2) is 7.47. The van der Waals surface area contributed by atoms with Gasteiger partial charge in [0.1, 0.15) is 6.04 Å². The number of aromatic carboxylic acids is 1. The molecule has 2 rings (SSSR count). The van der Waals surface area contributed by atoms with Gasteiger partial charge in [0.15, 0.2) is 0 Å². The van der Waals surface area contributed by atoms with Crippen molar-refractivity contribution >= 4 is 17.8 Å². The zero-order valence-corrected chi connectivity index (χ0v) is 14.4. The van der Waals surface area contributed by atoms with Gasteiger partial charge < -0.3 is 14.9 Å². The molecule has 130 valence electrons. The summed E-state index contributed by atoms with van der Waals surface area (Å²) in [4.78, 5) is 40.0. The number of carboxylic acid groups (broad SMARTS) is 1. The number of rotatable bonds is 5. The Balaban J connectivity index is 2.28. The summed E-state index contributed by atoms with van der Waals surface area (Å²) in [7, 11) is 0. The van der Waals surface area contributed by atoms with E-state index in [-0.39, 0.29) is 17.4 Å². The largest absolute Gasteiger partial charge is 0.478 e. The SMILES string of the molecule is CCN(CC)C(=O)C1CCCN1C(=O)c1cc(C)cc(C(=O)O)c1. The molecule has 1 atom stereocenters. The summed E-state index contributed by atoms with van der Waals surface area (Å²) < 4.78 is 0. The molecule has 6 nitrogen and oxygen atoms in total. The Morgan fingerprint density at radius 2 is 1.79 bits per heavy atom. The van der Waals surface area contributed by atoms with Crippen LogP contribution in [0.4, 0.5) is 0 Å². The van der Waals surface area contributed by atoms with Crippen LogP contribution in [0.3, 0.4) is 0 Å². The molecular weight excluding hydrogens is 308 g/mol. The highest BCUT2D eigenvalue weighted by atomic mass is 16.4. The number of amides is 2. The number of likely N-dealkylation sites (tertiary alicyclic amines) is 1. The van der Waals surface area contributed by atoms with Gasteiger partial charge >= 0.3 is 5.97 Å². The van der Waals surface area contributed by atoms with E-state index in [0.717, 1.165) is 6.42 Å². The van der Waals surface area contributed by atoms with Crippen molar-refractivity contribution in [1.29, 1.82) is 0 Å². The van der Waals surface area contributed by atoms with Gasteiger partial charge in [-0.3, -0.25) is 9.59 Å². The Hall–Kier alpha value is -2.37. The van der Waals surface area contributed by atoms with Crippen LogP contribution >= 0.6 is 0 Å². The zero-order valence-electron chi connectivity index (χ0n) is 14.4. The van der Waals surface area contributed by atoms with Gasteiger partial charge in [0.2, 0.25) is 5.91 Å². The smallest absolute Gasteiger partial charge is 0.335 e. The van der Waals surface area contributed by atoms with E-state index in [4.69, 9.17) is 0 Å². The molecule has 24 heavy (non-hydrogen) atoms. The van der Waals surface area contributed by atoms with E-state index >= 15 is 0 Å². The van der Waals surface area contributed by atoms with Crippen LogP contribution in [0, 0.1) is 6.92 Å². The molecule has 0 aromatic heterocycles. The molecule has 1 N–H and O–H groups in total. The minimum absolute atomic E-state index is 0.0306. The highest BCUT2D eigenvalue weighted by Gasteiger charge is 2.36. The molecule has 0 bridgehead atoms. The van der Waals surface area contributed by atoms with Crippen LogP contribution in [0.5, 0.6) is 0 Å². The number of hydrogen-bond acceptors (Lipinski definition) is 3. The van der Waals surface area contributed by atoms with Gasteiger partial charge in [-0.15, -0.1) is 0 Å². The molecule has 1 unspecified atom stereocenters. The fraction of sp³-hybridized carbons (Fsp3) is 0.500. The molecule has 0 radical (unpaired) electrons. The first-order chi connectivity index (χ1) is 11.4. The van der Waals surface area contributed by atoms with Crippen molar-refractivity contribution in [3.05, 3.63) is 34.9 Å². The summed E-state index contributed by atoms with van der Waals surface area (Å²) >= 11 is 0. The quantitative estimate of drug-likeness (QED) is 0.896. The molecule has 1 fully saturated rings. The maximum atomic E-state index is 12.9. The Kier molecular flexibility index (Phi) is 5.59. The third-order valence-corrected chi connectivity index (χ3v) is 4.45. The van der Waals surface area contributed by atoms with Gasteiger partial charge in [0, 0.05) is 25.2 Å². The number of nitrogens with zero attached hydrogens (tertiary/aromatic N) is 2. The first kappa shape index (κ1) is 18.0. The van der Waals surface area contributed by atoms with Crippen LogP contribution < -0.4 is 0 Å². The fourth-order valence-corrected chi connectivity index (χ4v) is 3.21. The molecule has 1 aliphatic rings. The van der Waals surface area contributed by atoms with E-state index in [1.807, 2.05) is 13.8 Å². The van der Waals surface area contributed by atoms with Crippen LogP contribution in [-0.4, -0.2) is 58.4 Å². The number of likely N-dealkylation sites (N-methyl/N-ethyl adjacent to an activating group) is 1. The summed E-state index contributed by atoms with van der Waals surface area (Å²) in [6.45, 7) is 7.34. The van der Waals surface area contributed by atoms with Gasteiger partial charge in [-0.2, -0.15) is 0 Å². The van der Waals surface area contributed by atoms with E-state index in [9.17, 15) is 19.5 Å². The van der Waals surface area contributed by atoms with Crippen molar-refractivity contribution in [3.63, 3.8) is 0 Å². The zero-order chi connectivity index (χ0) is 17.9. The average Bonchev–Trinajstić information content (AvgIpc) is 3.04. The number of carbonyl (C=O) groups is 3. The van der Waals surface area contributed by atoms with E-state index in [1.165, 1.54) is 12.1 Å². The van der Waals surface area contributed by atoms with Crippen LogP contribution in [0.25, 0.3) is 0 Å². The number of hydrogen-bond donors (Lipinski definition) is 1. The monoisotopic (exact) mass is 332 g/mol. The summed E-state index contributed by atoms with van der Waals surface area (Å²) in [6.07, 6.45) is 1.43. The minimum Gasteiger partial charge on any atom is -0.478 e. The average molecular weight is 332 g/mol. The van der Waals surface area contributed by atoms with E-state index in [2.05, 4.69) is 0 Å². The molecule has 1 saturated heterocycles. The second-order valence-electron chi connectivity index (χ2n) is 6.06. The first-order valence-electron chi connectivity index (χ1n) is 8.33. The number of carboxylic acids is 1.